The van der Waals surface area contributed by atoms with Crippen LogP contribution in [0.2, 0.25) is 0 Å². The standard InChI is InChI=1S/C19H25NO3/c21-18(15-10-11-16(15)19(22)23)20-17-9-5-4-8-14(17)12-13-6-2-1-3-7-13/h1-3,6-7,14-17H,4-5,8-12H2,(H,20,21)(H,22,23). The van der Waals surface area contributed by atoms with E-state index in [1.165, 1.54) is 12.0 Å². The summed E-state index contributed by atoms with van der Waals surface area (Å²) in [5.41, 5.74) is 1.31. The molecule has 0 saturated heterocycles. The van der Waals surface area contributed by atoms with Crippen molar-refractivity contribution in [2.24, 2.45) is 17.8 Å². The van der Waals surface area contributed by atoms with Gasteiger partial charge in [-0.3, -0.25) is 9.59 Å². The molecule has 1 aromatic carbocycles. The second-order valence-corrected chi connectivity index (χ2v) is 6.98. The molecule has 0 bridgehead atoms. The summed E-state index contributed by atoms with van der Waals surface area (Å²) in [6, 6.07) is 10.6. The Morgan fingerprint density at radius 1 is 1.00 bits per heavy atom. The summed E-state index contributed by atoms with van der Waals surface area (Å²) in [5.74, 6) is -1.23. The molecular formula is C19H25NO3. The Kier molecular flexibility index (Phi) is 4.99. The summed E-state index contributed by atoms with van der Waals surface area (Å²) in [4.78, 5) is 23.5. The topological polar surface area (TPSA) is 66.4 Å². The maximum absolute atomic E-state index is 12.4. The van der Waals surface area contributed by atoms with Crippen LogP contribution in [0, 0.1) is 17.8 Å². The van der Waals surface area contributed by atoms with E-state index in [0.717, 1.165) is 25.7 Å². The van der Waals surface area contributed by atoms with Crippen LogP contribution in [0.4, 0.5) is 0 Å². The number of hydrogen-bond acceptors (Lipinski definition) is 2. The highest BCUT2D eigenvalue weighted by Crippen LogP contribution is 2.35. The molecule has 0 heterocycles. The van der Waals surface area contributed by atoms with Crippen molar-refractivity contribution in [2.75, 3.05) is 0 Å². The Bertz CT molecular complexity index is 557. The molecule has 1 amide bonds. The second-order valence-electron chi connectivity index (χ2n) is 6.98. The fraction of sp³-hybridized carbons (Fsp3) is 0.579. The second kappa shape index (κ2) is 7.16. The van der Waals surface area contributed by atoms with Crippen molar-refractivity contribution < 1.29 is 14.7 Å². The van der Waals surface area contributed by atoms with Crippen molar-refractivity contribution in [2.45, 2.75) is 51.0 Å². The summed E-state index contributed by atoms with van der Waals surface area (Å²) in [6.07, 6.45) is 6.82. The third-order valence-electron chi connectivity index (χ3n) is 5.51. The van der Waals surface area contributed by atoms with Gasteiger partial charge in [0, 0.05) is 6.04 Å². The molecule has 124 valence electrons. The molecule has 23 heavy (non-hydrogen) atoms. The lowest BCUT2D eigenvalue weighted by molar-refractivity contribution is -0.153. The van der Waals surface area contributed by atoms with Gasteiger partial charge in [0.1, 0.15) is 0 Å². The molecule has 2 aliphatic carbocycles. The summed E-state index contributed by atoms with van der Waals surface area (Å²) >= 11 is 0. The van der Waals surface area contributed by atoms with Crippen LogP contribution in [0.3, 0.4) is 0 Å². The zero-order valence-electron chi connectivity index (χ0n) is 13.4. The first kappa shape index (κ1) is 16.0. The van der Waals surface area contributed by atoms with Crippen molar-refractivity contribution in [1.82, 2.24) is 5.32 Å². The smallest absolute Gasteiger partial charge is 0.307 e. The van der Waals surface area contributed by atoms with Crippen molar-refractivity contribution in [3.8, 4) is 0 Å². The third kappa shape index (κ3) is 3.74. The fourth-order valence-corrected chi connectivity index (χ4v) is 3.96. The summed E-state index contributed by atoms with van der Waals surface area (Å²) in [7, 11) is 0. The number of nitrogens with one attached hydrogen (secondary N) is 1. The zero-order valence-corrected chi connectivity index (χ0v) is 13.4. The van der Waals surface area contributed by atoms with Gasteiger partial charge in [-0.15, -0.1) is 0 Å². The van der Waals surface area contributed by atoms with Crippen LogP contribution < -0.4 is 5.32 Å². The Morgan fingerprint density at radius 3 is 2.35 bits per heavy atom. The molecule has 0 radical (unpaired) electrons. The van der Waals surface area contributed by atoms with Crippen LogP contribution in [0.15, 0.2) is 30.3 Å². The highest BCUT2D eigenvalue weighted by Gasteiger charge is 2.42. The minimum absolute atomic E-state index is 0.0476. The van der Waals surface area contributed by atoms with E-state index in [0.29, 0.717) is 18.8 Å². The molecule has 2 saturated carbocycles. The predicted molar refractivity (Wildman–Crippen MR) is 87.9 cm³/mol. The molecule has 0 spiro atoms. The monoisotopic (exact) mass is 315 g/mol. The van der Waals surface area contributed by atoms with E-state index in [4.69, 9.17) is 5.11 Å². The number of carboxylic acid groups (broad SMARTS) is 1. The normalized spacial score (nSPS) is 30.3. The lowest BCUT2D eigenvalue weighted by Crippen LogP contribution is -2.50. The molecular weight excluding hydrogens is 290 g/mol. The molecule has 3 rings (SSSR count). The highest BCUT2D eigenvalue weighted by atomic mass is 16.4. The largest absolute Gasteiger partial charge is 0.481 e. The van der Waals surface area contributed by atoms with Gasteiger partial charge in [-0.2, -0.15) is 0 Å². The lowest BCUT2D eigenvalue weighted by atomic mass is 9.72. The van der Waals surface area contributed by atoms with E-state index in [2.05, 4.69) is 29.6 Å². The summed E-state index contributed by atoms with van der Waals surface area (Å²) < 4.78 is 0. The Balaban J connectivity index is 1.60. The van der Waals surface area contributed by atoms with Crippen LogP contribution in [0.1, 0.15) is 44.1 Å². The van der Waals surface area contributed by atoms with E-state index in [-0.39, 0.29) is 17.9 Å². The first-order chi connectivity index (χ1) is 11.1. The molecule has 0 aliphatic heterocycles. The highest BCUT2D eigenvalue weighted by molar-refractivity contribution is 5.86. The van der Waals surface area contributed by atoms with Gasteiger partial charge in [-0.1, -0.05) is 43.2 Å². The summed E-state index contributed by atoms with van der Waals surface area (Å²) in [5, 5.41) is 12.3. The molecule has 1 aromatic rings. The van der Waals surface area contributed by atoms with Gasteiger partial charge in [-0.25, -0.2) is 0 Å². The van der Waals surface area contributed by atoms with Crippen molar-refractivity contribution in [3.05, 3.63) is 35.9 Å². The van der Waals surface area contributed by atoms with Crippen molar-refractivity contribution in [3.63, 3.8) is 0 Å². The van der Waals surface area contributed by atoms with Gasteiger partial charge in [0.2, 0.25) is 5.91 Å². The van der Waals surface area contributed by atoms with Crippen LogP contribution in [-0.4, -0.2) is 23.0 Å². The number of amides is 1. The number of rotatable bonds is 5. The average molecular weight is 315 g/mol. The van der Waals surface area contributed by atoms with Gasteiger partial charge >= 0.3 is 5.97 Å². The molecule has 4 nitrogen and oxygen atoms in total. The van der Waals surface area contributed by atoms with Gasteiger partial charge in [0.05, 0.1) is 11.8 Å². The number of carbonyl (C=O) groups excluding carboxylic acids is 1. The van der Waals surface area contributed by atoms with Gasteiger partial charge in [0.25, 0.3) is 0 Å². The maximum atomic E-state index is 12.4. The average Bonchev–Trinajstić information content (AvgIpc) is 2.48. The number of hydrogen-bond donors (Lipinski definition) is 2. The van der Waals surface area contributed by atoms with Gasteiger partial charge in [0.15, 0.2) is 0 Å². The zero-order chi connectivity index (χ0) is 16.2. The van der Waals surface area contributed by atoms with Gasteiger partial charge < -0.3 is 10.4 Å². The molecule has 4 heteroatoms. The first-order valence-corrected chi connectivity index (χ1v) is 8.72. The number of benzene rings is 1. The quantitative estimate of drug-likeness (QED) is 0.878. The van der Waals surface area contributed by atoms with Crippen molar-refractivity contribution in [1.29, 1.82) is 0 Å². The molecule has 2 N–H and O–H groups in total. The van der Waals surface area contributed by atoms with E-state index < -0.39 is 11.9 Å². The Labute approximate surface area is 137 Å². The fourth-order valence-electron chi connectivity index (χ4n) is 3.96. The van der Waals surface area contributed by atoms with E-state index >= 15 is 0 Å². The third-order valence-corrected chi connectivity index (χ3v) is 5.51. The molecule has 2 aliphatic rings. The van der Waals surface area contributed by atoms with E-state index in [1.54, 1.807) is 0 Å². The van der Waals surface area contributed by atoms with Crippen LogP contribution in [0.5, 0.6) is 0 Å². The van der Waals surface area contributed by atoms with Crippen LogP contribution in [0.25, 0.3) is 0 Å². The number of carboxylic acids is 1. The number of carbonyl (C=O) groups is 2. The van der Waals surface area contributed by atoms with Gasteiger partial charge in [-0.05, 0) is 43.6 Å². The minimum Gasteiger partial charge on any atom is -0.481 e. The Morgan fingerprint density at radius 2 is 1.70 bits per heavy atom. The molecule has 4 unspecified atom stereocenters. The maximum Gasteiger partial charge on any atom is 0.307 e. The molecule has 4 atom stereocenters. The number of aliphatic carboxylic acids is 1. The summed E-state index contributed by atoms with van der Waals surface area (Å²) in [6.45, 7) is 0. The van der Waals surface area contributed by atoms with Crippen LogP contribution in [-0.2, 0) is 16.0 Å². The van der Waals surface area contributed by atoms with Crippen LogP contribution >= 0.6 is 0 Å². The lowest BCUT2D eigenvalue weighted by Gasteiger charge is -2.37. The predicted octanol–water partition coefficient (Wildman–Crippen LogP) is 3.01. The van der Waals surface area contributed by atoms with E-state index in [9.17, 15) is 9.59 Å². The van der Waals surface area contributed by atoms with E-state index in [1.807, 2.05) is 6.07 Å². The SMILES string of the molecule is O=C(O)C1CCC1C(=O)NC1CCCCC1Cc1ccccc1. The Hall–Kier alpha value is -1.84. The van der Waals surface area contributed by atoms with Crippen molar-refractivity contribution >= 4 is 11.9 Å². The minimum atomic E-state index is -0.833. The first-order valence-electron chi connectivity index (χ1n) is 8.72. The molecule has 2 fully saturated rings. The molecule has 0 aromatic heterocycles.